The van der Waals surface area contributed by atoms with Gasteiger partial charge in [0.1, 0.15) is 12.4 Å². The van der Waals surface area contributed by atoms with Crippen molar-refractivity contribution in [3.63, 3.8) is 0 Å². The molecule has 0 atom stereocenters. The van der Waals surface area contributed by atoms with Crippen molar-refractivity contribution in [2.24, 2.45) is 7.05 Å². The van der Waals surface area contributed by atoms with E-state index < -0.39 is 17.6 Å². The van der Waals surface area contributed by atoms with Gasteiger partial charge in [-0.2, -0.15) is 4.39 Å². The molecule has 1 aromatic heterocycles. The Labute approximate surface area is 195 Å². The number of fused-ring (bicyclic) bond motifs is 1. The third-order valence-corrected chi connectivity index (χ3v) is 5.00. The molecule has 0 saturated carbocycles. The van der Waals surface area contributed by atoms with Gasteiger partial charge in [0.15, 0.2) is 11.3 Å². The van der Waals surface area contributed by atoms with Gasteiger partial charge in [0.25, 0.3) is 0 Å². The molecular weight excluding hydrogens is 606 g/mol. The Hall–Kier alpha value is -1.76. The van der Waals surface area contributed by atoms with Crippen LogP contribution in [0.4, 0.5) is 20.2 Å². The highest BCUT2D eigenvalue weighted by Crippen LogP contribution is 2.31. The average Bonchev–Trinajstić information content (AvgIpc) is 3.03. The van der Waals surface area contributed by atoms with Gasteiger partial charge in [-0.05, 0) is 45.7 Å². The Morgan fingerprint density at radius 2 is 2.03 bits per heavy atom. The van der Waals surface area contributed by atoms with Crippen LogP contribution in [0.5, 0.6) is 0 Å². The number of aromatic nitrogens is 2. The number of carbonyl (C=O) groups excluding carboxylic acids is 1. The molecule has 0 radical (unpaired) electrons. The number of esters is 1. The first-order chi connectivity index (χ1) is 13.9. The lowest BCUT2D eigenvalue weighted by Gasteiger charge is -2.12. The van der Waals surface area contributed by atoms with Crippen molar-refractivity contribution in [2.45, 2.75) is 6.54 Å². The topological polar surface area (TPSA) is 47.1 Å². The van der Waals surface area contributed by atoms with Crippen LogP contribution in [0.25, 0.3) is 11.0 Å². The number of anilines is 2. The number of allylic oxidation sites excluding steroid dienone is 1. The molecule has 29 heavy (non-hydrogen) atoms. The van der Waals surface area contributed by atoms with E-state index in [1.807, 2.05) is 27.5 Å². The largest absolute Gasteiger partial charge is 0.465 e. The zero-order valence-corrected chi connectivity index (χ0v) is 20.4. The molecule has 0 aliphatic carbocycles. The number of hydrogen-bond donors (Lipinski definition) is 1. The number of halogens is 4. The first kappa shape index (κ1) is 23.5. The molecule has 3 rings (SSSR count). The van der Waals surface area contributed by atoms with Crippen molar-refractivity contribution in [1.82, 2.24) is 4.57 Å². The molecule has 0 unspecified atom stereocenters. The summed E-state index contributed by atoms with van der Waals surface area (Å²) in [5, 5.41) is 2.83. The fourth-order valence-electron chi connectivity index (χ4n) is 2.89. The van der Waals surface area contributed by atoms with Gasteiger partial charge >= 0.3 is 5.97 Å². The number of benzene rings is 2. The van der Waals surface area contributed by atoms with Gasteiger partial charge < -0.3 is 10.1 Å². The number of hydrogen-bond acceptors (Lipinski definition) is 3. The van der Waals surface area contributed by atoms with Crippen molar-refractivity contribution in [3.8, 4) is 0 Å². The van der Waals surface area contributed by atoms with Crippen LogP contribution in [0.1, 0.15) is 10.4 Å². The van der Waals surface area contributed by atoms with Crippen LogP contribution in [0.15, 0.2) is 43.2 Å². The molecule has 9 heteroatoms. The Bertz CT molecular complexity index is 1070. The molecule has 0 spiro atoms. The molecule has 0 aliphatic rings. The van der Waals surface area contributed by atoms with Crippen LogP contribution in [0.3, 0.4) is 0 Å². The standard InChI is InChI=1S/C19H16F2IN3O2.CH3I/c1-4-7-25-10-24(2)15-9-12(19(26)27-3)17(16(21)18(15)25)23-11-5-6-14(22)13(20)8-11;1-2/h4-6,8-10H,1,7H2,2-3H3;1H3/p+1. The molecule has 3 aromatic rings. The zero-order chi connectivity index (χ0) is 21.7. The number of methoxy groups -OCH3 is 1. The summed E-state index contributed by atoms with van der Waals surface area (Å²) in [4.78, 5) is 14.2. The number of rotatable bonds is 5. The lowest BCUT2D eigenvalue weighted by Crippen LogP contribution is -2.32. The van der Waals surface area contributed by atoms with Crippen molar-refractivity contribution in [3.05, 3.63) is 64.0 Å². The second kappa shape index (κ2) is 10.3. The summed E-state index contributed by atoms with van der Waals surface area (Å²) in [7, 11) is 2.98. The van der Waals surface area contributed by atoms with Crippen LogP contribution in [-0.2, 0) is 18.3 Å². The predicted octanol–water partition coefficient (Wildman–Crippen LogP) is 5.12. The lowest BCUT2D eigenvalue weighted by atomic mass is 10.1. The minimum atomic E-state index is -0.694. The Morgan fingerprint density at radius 1 is 1.34 bits per heavy atom. The van der Waals surface area contributed by atoms with Gasteiger partial charge in [0, 0.05) is 15.3 Å². The van der Waals surface area contributed by atoms with Crippen molar-refractivity contribution >= 4 is 73.6 Å². The highest BCUT2D eigenvalue weighted by molar-refractivity contribution is 14.1. The van der Waals surface area contributed by atoms with Gasteiger partial charge in [0.2, 0.25) is 11.8 Å². The van der Waals surface area contributed by atoms with Crippen LogP contribution in [0.2, 0.25) is 0 Å². The Balaban J connectivity index is 0.00000145. The summed E-state index contributed by atoms with van der Waals surface area (Å²) in [5.74, 6) is -1.77. The molecule has 1 heterocycles. The van der Waals surface area contributed by atoms with Crippen molar-refractivity contribution < 1.29 is 22.9 Å². The average molecular weight is 626 g/mol. The fourth-order valence-corrected chi connectivity index (χ4v) is 3.22. The van der Waals surface area contributed by atoms with E-state index >= 15 is 4.39 Å². The predicted molar refractivity (Wildman–Crippen MR) is 127 cm³/mol. The van der Waals surface area contributed by atoms with E-state index in [0.29, 0.717) is 26.8 Å². The first-order valence-corrected chi connectivity index (χ1v) is 11.6. The number of aryl methyl sites for hydroxylation is 1. The highest BCUT2D eigenvalue weighted by Gasteiger charge is 2.27. The smallest absolute Gasteiger partial charge is 0.340 e. The third-order valence-electron chi connectivity index (χ3n) is 4.12. The SMILES string of the molecule is C=CC[n+]1cn(C)c2cc(C(=O)OC)c(Nc3ccc(I)c(F)c3)c(F)c21.CI. The van der Waals surface area contributed by atoms with Crippen LogP contribution >= 0.6 is 45.2 Å². The molecule has 0 saturated heterocycles. The van der Waals surface area contributed by atoms with E-state index in [4.69, 9.17) is 4.74 Å². The highest BCUT2D eigenvalue weighted by atomic mass is 127. The maximum absolute atomic E-state index is 15.5. The van der Waals surface area contributed by atoms with Gasteiger partial charge in [-0.3, -0.25) is 0 Å². The zero-order valence-electron chi connectivity index (χ0n) is 16.1. The van der Waals surface area contributed by atoms with Crippen LogP contribution < -0.4 is 9.88 Å². The molecule has 5 nitrogen and oxygen atoms in total. The number of carbonyl (C=O) groups is 1. The molecule has 2 aromatic carbocycles. The summed E-state index contributed by atoms with van der Waals surface area (Å²) in [6.07, 6.45) is 3.36. The van der Waals surface area contributed by atoms with E-state index in [1.54, 1.807) is 46.8 Å². The van der Waals surface area contributed by atoms with Gasteiger partial charge in [0.05, 0.1) is 25.4 Å². The minimum absolute atomic E-state index is 0.0217. The van der Waals surface area contributed by atoms with Gasteiger partial charge in [-0.1, -0.05) is 35.2 Å². The van der Waals surface area contributed by atoms with Gasteiger partial charge in [-0.25, -0.2) is 18.3 Å². The van der Waals surface area contributed by atoms with Crippen LogP contribution in [-0.4, -0.2) is 22.6 Å². The number of nitrogens with one attached hydrogen (secondary N) is 1. The van der Waals surface area contributed by atoms with E-state index in [-0.39, 0.29) is 11.3 Å². The summed E-state index contributed by atoms with van der Waals surface area (Å²) in [6.45, 7) is 4.08. The van der Waals surface area contributed by atoms with E-state index in [0.717, 1.165) is 0 Å². The maximum Gasteiger partial charge on any atom is 0.340 e. The molecule has 0 amide bonds. The minimum Gasteiger partial charge on any atom is -0.465 e. The summed E-state index contributed by atoms with van der Waals surface area (Å²) in [5.41, 5.74) is 1.10. The monoisotopic (exact) mass is 626 g/mol. The number of alkyl halides is 1. The van der Waals surface area contributed by atoms with E-state index in [9.17, 15) is 9.18 Å². The van der Waals surface area contributed by atoms with Crippen molar-refractivity contribution in [2.75, 3.05) is 17.4 Å². The number of nitrogens with zero attached hydrogens (tertiary/aromatic N) is 2. The third kappa shape index (κ3) is 4.87. The number of imidazole rings is 1. The Kier molecular flexibility index (Phi) is 8.37. The molecule has 0 fully saturated rings. The molecule has 0 aliphatic heterocycles. The lowest BCUT2D eigenvalue weighted by molar-refractivity contribution is -0.662. The molecule has 154 valence electrons. The fraction of sp³-hybridized carbons (Fsp3) is 0.200. The summed E-state index contributed by atoms with van der Waals surface area (Å²) in [6, 6.07) is 5.97. The van der Waals surface area contributed by atoms with Crippen LogP contribution in [0, 0.1) is 15.2 Å². The van der Waals surface area contributed by atoms with E-state index in [1.165, 1.54) is 13.2 Å². The number of ether oxygens (including phenoxy) is 1. The maximum atomic E-state index is 15.5. The molecular formula is C20H20F2I2N3O2+. The normalized spacial score (nSPS) is 10.3. The first-order valence-electron chi connectivity index (χ1n) is 8.37. The Morgan fingerprint density at radius 3 is 2.62 bits per heavy atom. The van der Waals surface area contributed by atoms with Gasteiger partial charge in [-0.15, -0.1) is 0 Å². The second-order valence-electron chi connectivity index (χ2n) is 5.89. The second-order valence-corrected chi connectivity index (χ2v) is 7.06. The summed E-state index contributed by atoms with van der Waals surface area (Å²) >= 11 is 4.01. The molecule has 0 bridgehead atoms. The summed E-state index contributed by atoms with van der Waals surface area (Å²) < 4.78 is 38.0. The quantitative estimate of drug-likeness (QED) is 0.141. The van der Waals surface area contributed by atoms with Crippen molar-refractivity contribution in [1.29, 1.82) is 0 Å². The van der Waals surface area contributed by atoms with E-state index in [2.05, 4.69) is 34.5 Å². The molecule has 1 N–H and O–H groups in total.